The van der Waals surface area contributed by atoms with E-state index in [1.807, 2.05) is 33.8 Å². The van der Waals surface area contributed by atoms with Crippen LogP contribution in [0.15, 0.2) is 11.6 Å². The molecule has 3 nitrogen and oxygen atoms in total. The van der Waals surface area contributed by atoms with Crippen LogP contribution in [0.2, 0.25) is 0 Å². The Balaban J connectivity index is 2.18. The van der Waals surface area contributed by atoms with Crippen molar-refractivity contribution < 1.29 is 31.8 Å². The van der Waals surface area contributed by atoms with E-state index in [0.29, 0.717) is 0 Å². The number of rotatable bonds is 5. The molecule has 0 amide bonds. The highest BCUT2D eigenvalue weighted by Crippen LogP contribution is 2.59. The Morgan fingerprint density at radius 1 is 1.08 bits per heavy atom. The lowest BCUT2D eigenvalue weighted by Gasteiger charge is -2.11. The van der Waals surface area contributed by atoms with Gasteiger partial charge >= 0.3 is 5.97 Å². The standard InChI is InChI=1S/C18H20F4O3/c1-8(2)6-10-11(18(10,3)4)17(23)25-7-9-12(19)14(21)16(24-5)15(22)13(9)20/h6,10-11H,7H2,1-5H3/t10-,11+/m0/s1. The molecule has 0 aromatic heterocycles. The van der Waals surface area contributed by atoms with E-state index in [1.165, 1.54) is 0 Å². The fourth-order valence-corrected chi connectivity index (χ4v) is 2.99. The van der Waals surface area contributed by atoms with Crippen LogP contribution in [0.25, 0.3) is 0 Å². The molecule has 7 heteroatoms. The number of benzene rings is 1. The summed E-state index contributed by atoms with van der Waals surface area (Å²) in [5, 5.41) is 0. The van der Waals surface area contributed by atoms with Crippen LogP contribution in [-0.2, 0) is 16.1 Å². The van der Waals surface area contributed by atoms with Gasteiger partial charge in [-0.1, -0.05) is 25.5 Å². The number of methoxy groups -OCH3 is 1. The van der Waals surface area contributed by atoms with E-state index in [-0.39, 0.29) is 11.3 Å². The molecule has 0 spiro atoms. The molecular formula is C18H20F4O3. The number of carbonyl (C=O) groups is 1. The third-order valence-electron chi connectivity index (χ3n) is 4.55. The summed E-state index contributed by atoms with van der Waals surface area (Å²) >= 11 is 0. The van der Waals surface area contributed by atoms with Crippen LogP contribution in [0.1, 0.15) is 33.3 Å². The molecular weight excluding hydrogens is 340 g/mol. The highest BCUT2D eigenvalue weighted by atomic mass is 19.2. The maximum absolute atomic E-state index is 13.9. The molecule has 0 heterocycles. The Morgan fingerprint density at radius 2 is 1.60 bits per heavy atom. The lowest BCUT2D eigenvalue weighted by molar-refractivity contribution is -0.147. The molecule has 25 heavy (non-hydrogen) atoms. The molecule has 1 aliphatic rings. The fourth-order valence-electron chi connectivity index (χ4n) is 2.99. The van der Waals surface area contributed by atoms with Gasteiger partial charge in [-0.3, -0.25) is 4.79 Å². The highest BCUT2D eigenvalue weighted by molar-refractivity contribution is 5.78. The number of carbonyl (C=O) groups excluding carboxylic acids is 1. The van der Waals surface area contributed by atoms with Crippen molar-refractivity contribution in [1.82, 2.24) is 0 Å². The number of halogens is 4. The van der Waals surface area contributed by atoms with Crippen LogP contribution in [0.3, 0.4) is 0 Å². The van der Waals surface area contributed by atoms with Crippen molar-refractivity contribution >= 4 is 5.97 Å². The Labute approximate surface area is 143 Å². The summed E-state index contributed by atoms with van der Waals surface area (Å²) in [7, 11) is 0.888. The normalized spacial score (nSPS) is 20.8. The molecule has 2 atom stereocenters. The summed E-state index contributed by atoms with van der Waals surface area (Å²) in [6, 6.07) is 0. The monoisotopic (exact) mass is 360 g/mol. The first kappa shape index (κ1) is 19.3. The first-order valence-electron chi connectivity index (χ1n) is 7.74. The predicted octanol–water partition coefficient (Wildman–Crippen LogP) is 4.53. The first-order chi connectivity index (χ1) is 11.5. The molecule has 1 aliphatic carbocycles. The average molecular weight is 360 g/mol. The van der Waals surface area contributed by atoms with Crippen molar-refractivity contribution in [3.8, 4) is 5.75 Å². The largest absolute Gasteiger partial charge is 0.491 e. The van der Waals surface area contributed by atoms with Crippen molar-refractivity contribution in [2.75, 3.05) is 7.11 Å². The van der Waals surface area contributed by atoms with Gasteiger partial charge in [0.25, 0.3) is 0 Å². The smallest absolute Gasteiger partial charge is 0.310 e. The van der Waals surface area contributed by atoms with Gasteiger partial charge in [0.2, 0.25) is 11.6 Å². The van der Waals surface area contributed by atoms with Gasteiger partial charge in [0, 0.05) is 0 Å². The van der Waals surface area contributed by atoms with E-state index in [4.69, 9.17) is 4.74 Å². The summed E-state index contributed by atoms with van der Waals surface area (Å²) < 4.78 is 64.4. The Morgan fingerprint density at radius 3 is 2.04 bits per heavy atom. The molecule has 0 saturated heterocycles. The van der Waals surface area contributed by atoms with Crippen LogP contribution in [-0.4, -0.2) is 13.1 Å². The fraction of sp³-hybridized carbons (Fsp3) is 0.500. The van der Waals surface area contributed by atoms with Crippen LogP contribution < -0.4 is 4.74 Å². The number of hydrogen-bond donors (Lipinski definition) is 0. The maximum Gasteiger partial charge on any atom is 0.310 e. The molecule has 1 saturated carbocycles. The molecule has 0 radical (unpaired) electrons. The minimum absolute atomic E-state index is 0.0518. The number of allylic oxidation sites excluding steroid dienone is 2. The minimum Gasteiger partial charge on any atom is -0.491 e. The van der Waals surface area contributed by atoms with Gasteiger partial charge in [-0.2, -0.15) is 8.78 Å². The molecule has 1 aromatic carbocycles. The zero-order chi connectivity index (χ0) is 19.1. The first-order valence-corrected chi connectivity index (χ1v) is 7.74. The van der Waals surface area contributed by atoms with Gasteiger partial charge in [0.1, 0.15) is 6.61 Å². The van der Waals surface area contributed by atoms with Crippen LogP contribution in [0.5, 0.6) is 5.75 Å². The van der Waals surface area contributed by atoms with Crippen molar-refractivity contribution in [2.45, 2.75) is 34.3 Å². The number of ether oxygens (including phenoxy) is 2. The topological polar surface area (TPSA) is 35.5 Å². The van der Waals surface area contributed by atoms with Gasteiger partial charge in [-0.25, -0.2) is 8.78 Å². The van der Waals surface area contributed by atoms with Gasteiger partial charge in [0.05, 0.1) is 18.6 Å². The van der Waals surface area contributed by atoms with Crippen LogP contribution >= 0.6 is 0 Å². The van der Waals surface area contributed by atoms with E-state index in [1.54, 1.807) is 0 Å². The van der Waals surface area contributed by atoms with Gasteiger partial charge in [-0.15, -0.1) is 0 Å². The van der Waals surface area contributed by atoms with E-state index < -0.39 is 53.1 Å². The molecule has 1 fully saturated rings. The summed E-state index contributed by atoms with van der Waals surface area (Å²) in [6.07, 6.45) is 1.93. The lowest BCUT2D eigenvalue weighted by Crippen LogP contribution is -2.14. The third-order valence-corrected chi connectivity index (χ3v) is 4.55. The van der Waals surface area contributed by atoms with E-state index >= 15 is 0 Å². The minimum atomic E-state index is -1.67. The quantitative estimate of drug-likeness (QED) is 0.335. The second kappa shape index (κ2) is 6.69. The Hall–Kier alpha value is -2.05. The summed E-state index contributed by atoms with van der Waals surface area (Å²) in [5.74, 6) is -8.95. The maximum atomic E-state index is 13.9. The summed E-state index contributed by atoms with van der Waals surface area (Å²) in [5.41, 5.74) is -0.298. The molecule has 0 bridgehead atoms. The molecule has 0 unspecified atom stereocenters. The molecule has 1 aromatic rings. The van der Waals surface area contributed by atoms with Gasteiger partial charge in [0.15, 0.2) is 17.4 Å². The number of hydrogen-bond acceptors (Lipinski definition) is 3. The molecule has 0 N–H and O–H groups in total. The van der Waals surface area contributed by atoms with E-state index in [2.05, 4.69) is 4.74 Å². The molecule has 138 valence electrons. The SMILES string of the molecule is COc1c(F)c(F)c(COC(=O)[C@H]2[C@H](C=C(C)C)C2(C)C)c(F)c1F. The van der Waals surface area contributed by atoms with Crippen molar-refractivity contribution in [3.63, 3.8) is 0 Å². The second-order valence-corrected chi connectivity index (χ2v) is 6.94. The second-order valence-electron chi connectivity index (χ2n) is 6.94. The van der Waals surface area contributed by atoms with Gasteiger partial charge < -0.3 is 9.47 Å². The Bertz CT molecular complexity index is 707. The third kappa shape index (κ3) is 3.37. The zero-order valence-corrected chi connectivity index (χ0v) is 14.7. The lowest BCUT2D eigenvalue weighted by atomic mass is 10.1. The zero-order valence-electron chi connectivity index (χ0n) is 14.7. The average Bonchev–Trinajstić information content (AvgIpc) is 3.05. The van der Waals surface area contributed by atoms with Crippen molar-refractivity contribution in [1.29, 1.82) is 0 Å². The van der Waals surface area contributed by atoms with Crippen molar-refractivity contribution in [3.05, 3.63) is 40.5 Å². The van der Waals surface area contributed by atoms with Crippen molar-refractivity contribution in [2.24, 2.45) is 17.3 Å². The van der Waals surface area contributed by atoms with E-state index in [9.17, 15) is 22.4 Å². The van der Waals surface area contributed by atoms with Crippen LogP contribution in [0, 0.1) is 40.5 Å². The molecule has 2 rings (SSSR count). The van der Waals surface area contributed by atoms with Crippen LogP contribution in [0.4, 0.5) is 17.6 Å². The van der Waals surface area contributed by atoms with Gasteiger partial charge in [-0.05, 0) is 25.2 Å². The molecule has 0 aliphatic heterocycles. The predicted molar refractivity (Wildman–Crippen MR) is 82.8 cm³/mol. The Kier molecular flexibility index (Phi) is 5.16. The summed E-state index contributed by atoms with van der Waals surface area (Å²) in [6.45, 7) is 6.63. The number of esters is 1. The summed E-state index contributed by atoms with van der Waals surface area (Å²) in [4.78, 5) is 12.2. The highest BCUT2D eigenvalue weighted by Gasteiger charge is 2.61. The van der Waals surface area contributed by atoms with E-state index in [0.717, 1.165) is 12.7 Å².